The highest BCUT2D eigenvalue weighted by Crippen LogP contribution is 2.30. The summed E-state index contributed by atoms with van der Waals surface area (Å²) in [6, 6.07) is 55.5. The predicted molar refractivity (Wildman–Crippen MR) is 196 cm³/mol. The summed E-state index contributed by atoms with van der Waals surface area (Å²) in [6.45, 7) is 0. The van der Waals surface area contributed by atoms with E-state index in [9.17, 15) is 5.26 Å². The van der Waals surface area contributed by atoms with E-state index in [-0.39, 0.29) is 0 Å². The second-order valence-electron chi connectivity index (χ2n) is 11.6. The average Bonchev–Trinajstić information content (AvgIpc) is 3.21. The van der Waals surface area contributed by atoms with Crippen molar-refractivity contribution >= 4 is 0 Å². The summed E-state index contributed by atoms with van der Waals surface area (Å²) in [5.41, 5.74) is 7.75. The topological polar surface area (TPSA) is 101 Å². The molecule has 0 aliphatic rings. The fraction of sp³-hybridized carbons (Fsp3) is 0. The molecule has 0 spiro atoms. The van der Waals surface area contributed by atoms with E-state index in [4.69, 9.17) is 29.9 Å². The average molecular weight is 642 g/mol. The standard InChI is InChI=1S/C43H27N7/c44-28-29-12-10-19-35(26-29)36-20-11-21-37(27-36)43-49-40(32-17-8-3-9-18-32)48-42(50-43)34-24-22-33(23-25-34)41-46-38(30-13-4-1-5-14-30)45-39(47-41)31-15-6-2-7-16-31/h1-27H. The second kappa shape index (κ2) is 13.5. The van der Waals surface area contributed by atoms with Crippen molar-refractivity contribution in [2.24, 2.45) is 0 Å². The molecule has 6 aromatic carbocycles. The largest absolute Gasteiger partial charge is 0.208 e. The molecule has 2 heterocycles. The van der Waals surface area contributed by atoms with Crippen LogP contribution in [0.1, 0.15) is 5.56 Å². The molecule has 0 atom stereocenters. The summed E-state index contributed by atoms with van der Waals surface area (Å²) in [6.07, 6.45) is 0. The first kappa shape index (κ1) is 30.2. The van der Waals surface area contributed by atoms with E-state index in [1.54, 1.807) is 6.07 Å². The Balaban J connectivity index is 1.20. The number of hydrogen-bond acceptors (Lipinski definition) is 7. The van der Waals surface area contributed by atoms with Crippen molar-refractivity contribution in [2.75, 3.05) is 0 Å². The Kier molecular flexibility index (Phi) is 8.16. The van der Waals surface area contributed by atoms with Crippen molar-refractivity contribution in [3.8, 4) is 85.5 Å². The van der Waals surface area contributed by atoms with Gasteiger partial charge in [-0.2, -0.15) is 5.26 Å². The third kappa shape index (κ3) is 6.37. The van der Waals surface area contributed by atoms with Gasteiger partial charge in [-0.1, -0.05) is 146 Å². The van der Waals surface area contributed by atoms with E-state index >= 15 is 0 Å². The molecule has 0 radical (unpaired) electrons. The van der Waals surface area contributed by atoms with Gasteiger partial charge in [0.25, 0.3) is 0 Å². The zero-order chi connectivity index (χ0) is 33.7. The van der Waals surface area contributed by atoms with Crippen LogP contribution in [0.4, 0.5) is 0 Å². The number of hydrogen-bond donors (Lipinski definition) is 0. The lowest BCUT2D eigenvalue weighted by molar-refractivity contribution is 1.07. The van der Waals surface area contributed by atoms with Crippen LogP contribution in [0.3, 0.4) is 0 Å². The number of nitrogens with zero attached hydrogens (tertiary/aromatic N) is 7. The molecule has 0 aliphatic heterocycles. The fourth-order valence-corrected chi connectivity index (χ4v) is 5.66. The van der Waals surface area contributed by atoms with Gasteiger partial charge in [-0.05, 0) is 29.3 Å². The highest BCUT2D eigenvalue weighted by Gasteiger charge is 2.15. The van der Waals surface area contributed by atoms with Crippen LogP contribution in [-0.4, -0.2) is 29.9 Å². The van der Waals surface area contributed by atoms with Crippen LogP contribution < -0.4 is 0 Å². The van der Waals surface area contributed by atoms with Gasteiger partial charge in [0.05, 0.1) is 11.6 Å². The summed E-state index contributed by atoms with van der Waals surface area (Å²) in [4.78, 5) is 29.3. The molecule has 0 amide bonds. The molecule has 8 rings (SSSR count). The van der Waals surface area contributed by atoms with Crippen LogP contribution in [0.5, 0.6) is 0 Å². The van der Waals surface area contributed by atoms with Crippen molar-refractivity contribution in [2.45, 2.75) is 0 Å². The number of nitriles is 1. The lowest BCUT2D eigenvalue weighted by Gasteiger charge is -2.11. The van der Waals surface area contributed by atoms with Gasteiger partial charge in [0.2, 0.25) is 0 Å². The number of rotatable bonds is 7. The molecule has 8 aromatic rings. The third-order valence-corrected chi connectivity index (χ3v) is 8.21. The van der Waals surface area contributed by atoms with Gasteiger partial charge in [0.1, 0.15) is 0 Å². The quantitative estimate of drug-likeness (QED) is 0.171. The molecule has 2 aromatic heterocycles. The number of aromatic nitrogens is 6. The SMILES string of the molecule is N#Cc1cccc(-c2cccc(-c3nc(-c4ccccc4)nc(-c4ccc(-c5nc(-c6ccccc6)nc(-c6ccccc6)n5)cc4)n3)c2)c1. The first-order valence-corrected chi connectivity index (χ1v) is 16.1. The van der Waals surface area contributed by atoms with Crippen LogP contribution in [-0.2, 0) is 0 Å². The van der Waals surface area contributed by atoms with E-state index in [1.165, 1.54) is 0 Å². The Labute approximate surface area is 289 Å². The molecule has 0 bridgehead atoms. The molecule has 0 saturated heterocycles. The van der Waals surface area contributed by atoms with Gasteiger partial charge in [-0.15, -0.1) is 0 Å². The predicted octanol–water partition coefficient (Wildman–Crippen LogP) is 9.60. The van der Waals surface area contributed by atoms with E-state index in [2.05, 4.69) is 6.07 Å². The van der Waals surface area contributed by atoms with Crippen LogP contribution in [0.25, 0.3) is 79.5 Å². The molecule has 0 saturated carbocycles. The Morgan fingerprint density at radius 3 is 0.980 bits per heavy atom. The van der Waals surface area contributed by atoms with E-state index in [0.29, 0.717) is 40.5 Å². The van der Waals surface area contributed by atoms with Crippen LogP contribution in [0.2, 0.25) is 0 Å². The lowest BCUT2D eigenvalue weighted by Crippen LogP contribution is -2.01. The molecule has 50 heavy (non-hydrogen) atoms. The molecular formula is C43H27N7. The third-order valence-electron chi connectivity index (χ3n) is 8.21. The van der Waals surface area contributed by atoms with Gasteiger partial charge < -0.3 is 0 Å². The second-order valence-corrected chi connectivity index (χ2v) is 11.6. The molecule has 0 fully saturated rings. The summed E-state index contributed by atoms with van der Waals surface area (Å²) >= 11 is 0. The monoisotopic (exact) mass is 641 g/mol. The molecule has 7 nitrogen and oxygen atoms in total. The minimum Gasteiger partial charge on any atom is -0.208 e. The Bertz CT molecular complexity index is 2420. The Hall–Kier alpha value is -7.17. The molecule has 0 N–H and O–H groups in total. The maximum Gasteiger partial charge on any atom is 0.164 e. The molecule has 0 aliphatic carbocycles. The highest BCUT2D eigenvalue weighted by atomic mass is 15.0. The zero-order valence-corrected chi connectivity index (χ0v) is 26.7. The normalized spacial score (nSPS) is 10.8. The van der Waals surface area contributed by atoms with Gasteiger partial charge in [0, 0.05) is 33.4 Å². The summed E-state index contributed by atoms with van der Waals surface area (Å²) in [5.74, 6) is 3.45. The Morgan fingerprint density at radius 1 is 0.280 bits per heavy atom. The van der Waals surface area contributed by atoms with Crippen molar-refractivity contribution in [3.05, 3.63) is 169 Å². The Morgan fingerprint density at radius 2 is 0.580 bits per heavy atom. The zero-order valence-electron chi connectivity index (χ0n) is 26.7. The minimum absolute atomic E-state index is 0.544. The number of benzene rings is 6. The van der Waals surface area contributed by atoms with Crippen molar-refractivity contribution in [1.82, 2.24) is 29.9 Å². The molecular weight excluding hydrogens is 615 g/mol. The van der Waals surface area contributed by atoms with Gasteiger partial charge in [0.15, 0.2) is 34.9 Å². The van der Waals surface area contributed by atoms with E-state index in [1.807, 2.05) is 158 Å². The van der Waals surface area contributed by atoms with Crippen LogP contribution in [0, 0.1) is 11.3 Å². The van der Waals surface area contributed by atoms with Crippen molar-refractivity contribution < 1.29 is 0 Å². The van der Waals surface area contributed by atoms with Crippen LogP contribution in [0.15, 0.2) is 164 Å². The van der Waals surface area contributed by atoms with Crippen molar-refractivity contribution in [1.29, 1.82) is 5.26 Å². The maximum absolute atomic E-state index is 9.43. The van der Waals surface area contributed by atoms with Gasteiger partial charge in [-0.3, -0.25) is 0 Å². The smallest absolute Gasteiger partial charge is 0.164 e. The molecule has 0 unspecified atom stereocenters. The first-order chi connectivity index (χ1) is 24.7. The maximum atomic E-state index is 9.43. The first-order valence-electron chi connectivity index (χ1n) is 16.1. The van der Waals surface area contributed by atoms with Crippen molar-refractivity contribution in [3.63, 3.8) is 0 Å². The molecule has 7 heteroatoms. The fourth-order valence-electron chi connectivity index (χ4n) is 5.66. The highest BCUT2D eigenvalue weighted by molar-refractivity contribution is 5.74. The summed E-state index contributed by atoms with van der Waals surface area (Å²) in [5, 5.41) is 9.43. The minimum atomic E-state index is 0.544. The lowest BCUT2D eigenvalue weighted by atomic mass is 10.0. The van der Waals surface area contributed by atoms with E-state index < -0.39 is 0 Å². The van der Waals surface area contributed by atoms with E-state index in [0.717, 1.165) is 44.5 Å². The molecule has 234 valence electrons. The summed E-state index contributed by atoms with van der Waals surface area (Å²) in [7, 11) is 0. The van der Waals surface area contributed by atoms with Crippen LogP contribution >= 0.6 is 0 Å². The summed E-state index contributed by atoms with van der Waals surface area (Å²) < 4.78 is 0. The van der Waals surface area contributed by atoms with Gasteiger partial charge >= 0.3 is 0 Å². The van der Waals surface area contributed by atoms with Gasteiger partial charge in [-0.25, -0.2) is 29.9 Å².